The minimum atomic E-state index is -0.0869. The number of amides is 1. The van der Waals surface area contributed by atoms with Crippen LogP contribution in [-0.4, -0.2) is 32.4 Å². The second-order valence-electron chi connectivity index (χ2n) is 7.53. The third-order valence-corrected chi connectivity index (χ3v) is 5.72. The minimum absolute atomic E-state index is 0.0326. The fraction of sp³-hybridized carbons (Fsp3) is 0.261. The average Bonchev–Trinajstić information content (AvgIpc) is 3.31. The predicted octanol–water partition coefficient (Wildman–Crippen LogP) is 4.03. The van der Waals surface area contributed by atoms with Gasteiger partial charge < -0.3 is 20.5 Å². The van der Waals surface area contributed by atoms with E-state index in [9.17, 15) is 4.79 Å². The van der Waals surface area contributed by atoms with Crippen molar-refractivity contribution in [1.29, 1.82) is 0 Å². The number of rotatable bonds is 6. The van der Waals surface area contributed by atoms with Crippen molar-refractivity contribution in [3.05, 3.63) is 83.4 Å². The van der Waals surface area contributed by atoms with Crippen LogP contribution < -0.4 is 10.6 Å². The van der Waals surface area contributed by atoms with E-state index in [1.165, 1.54) is 0 Å². The molecule has 30 heavy (non-hydrogen) atoms. The summed E-state index contributed by atoms with van der Waals surface area (Å²) in [5.74, 6) is -0.0326. The van der Waals surface area contributed by atoms with Crippen LogP contribution in [0.25, 0.3) is 0 Å². The lowest BCUT2D eigenvalue weighted by Gasteiger charge is -2.26. The number of anilines is 1. The third-order valence-electron chi connectivity index (χ3n) is 5.37. The normalized spacial score (nSPS) is 18.3. The van der Waals surface area contributed by atoms with E-state index in [0.29, 0.717) is 18.1 Å². The maximum absolute atomic E-state index is 12.6. The molecule has 0 aliphatic carbocycles. The van der Waals surface area contributed by atoms with Crippen LogP contribution in [0.1, 0.15) is 41.1 Å². The second kappa shape index (κ2) is 8.67. The van der Waals surface area contributed by atoms with Gasteiger partial charge in [0, 0.05) is 36.2 Å². The van der Waals surface area contributed by atoms with Gasteiger partial charge in [0.1, 0.15) is 0 Å². The highest BCUT2D eigenvalue weighted by atomic mass is 32.1. The number of H-pyrrole nitrogens is 1. The van der Waals surface area contributed by atoms with Gasteiger partial charge in [-0.15, -0.1) is 0 Å². The molecule has 2 aromatic heterocycles. The van der Waals surface area contributed by atoms with Crippen LogP contribution in [0.4, 0.5) is 5.69 Å². The number of nitrogens with one attached hydrogen (secondary N) is 3. The molecule has 6 nitrogen and oxygen atoms in total. The van der Waals surface area contributed by atoms with Gasteiger partial charge in [0.25, 0.3) is 0 Å². The minimum Gasteiger partial charge on any atom is -0.361 e. The average molecular weight is 420 g/mol. The Bertz CT molecular complexity index is 1050. The summed E-state index contributed by atoms with van der Waals surface area (Å²) >= 11 is 5.65. The summed E-state index contributed by atoms with van der Waals surface area (Å²) in [4.78, 5) is 22.7. The van der Waals surface area contributed by atoms with Gasteiger partial charge in [-0.1, -0.05) is 24.3 Å². The maximum Gasteiger partial charge on any atom is 0.226 e. The predicted molar refractivity (Wildman–Crippen MR) is 122 cm³/mol. The Kier molecular flexibility index (Phi) is 5.81. The summed E-state index contributed by atoms with van der Waals surface area (Å²) in [6.45, 7) is 4.52. The van der Waals surface area contributed by atoms with E-state index >= 15 is 0 Å². The lowest BCUT2D eigenvalue weighted by atomic mass is 10.0. The first kappa shape index (κ1) is 20.1. The number of aryl methyl sites for hydroxylation is 2. The number of thiocarbonyl (C=S) groups is 1. The monoisotopic (exact) mass is 419 g/mol. The molecule has 1 saturated heterocycles. The van der Waals surface area contributed by atoms with Gasteiger partial charge in [-0.3, -0.25) is 9.78 Å². The Hall–Kier alpha value is -3.19. The van der Waals surface area contributed by atoms with Crippen LogP contribution in [0.3, 0.4) is 0 Å². The Morgan fingerprint density at radius 1 is 1.13 bits per heavy atom. The highest BCUT2D eigenvalue weighted by Gasteiger charge is 2.40. The summed E-state index contributed by atoms with van der Waals surface area (Å²) in [5.41, 5.74) is 4.94. The van der Waals surface area contributed by atoms with Crippen LogP contribution in [0.15, 0.2) is 60.8 Å². The molecule has 1 aromatic carbocycles. The zero-order valence-corrected chi connectivity index (χ0v) is 17.9. The molecule has 154 valence electrons. The van der Waals surface area contributed by atoms with Gasteiger partial charge in [0.15, 0.2) is 5.11 Å². The molecule has 3 aromatic rings. The Labute approximate surface area is 181 Å². The van der Waals surface area contributed by atoms with Gasteiger partial charge in [-0.2, -0.15) is 0 Å². The molecule has 3 heterocycles. The van der Waals surface area contributed by atoms with Crippen molar-refractivity contribution in [3.63, 3.8) is 0 Å². The number of pyridine rings is 1. The van der Waals surface area contributed by atoms with E-state index in [0.717, 1.165) is 28.3 Å². The van der Waals surface area contributed by atoms with Crippen LogP contribution in [0.5, 0.6) is 0 Å². The molecule has 2 atom stereocenters. The van der Waals surface area contributed by atoms with Crippen LogP contribution >= 0.6 is 12.2 Å². The van der Waals surface area contributed by atoms with Crippen molar-refractivity contribution in [1.82, 2.24) is 20.2 Å². The maximum atomic E-state index is 12.6. The number of benzene rings is 1. The number of hydrogen-bond acceptors (Lipinski definition) is 3. The lowest BCUT2D eigenvalue weighted by Crippen LogP contribution is -2.32. The number of para-hydroxylation sites is 1. The van der Waals surface area contributed by atoms with Crippen LogP contribution in [0, 0.1) is 13.8 Å². The van der Waals surface area contributed by atoms with Crippen molar-refractivity contribution < 1.29 is 4.79 Å². The molecular weight excluding hydrogens is 394 g/mol. The van der Waals surface area contributed by atoms with Gasteiger partial charge in [-0.25, -0.2) is 0 Å². The van der Waals surface area contributed by atoms with Crippen LogP contribution in [0.2, 0.25) is 0 Å². The van der Waals surface area contributed by atoms with Crippen molar-refractivity contribution in [3.8, 4) is 0 Å². The van der Waals surface area contributed by atoms with E-state index in [4.69, 9.17) is 12.2 Å². The van der Waals surface area contributed by atoms with E-state index < -0.39 is 0 Å². The first-order valence-electron chi connectivity index (χ1n) is 10.0. The Balaban J connectivity index is 1.52. The zero-order valence-electron chi connectivity index (χ0n) is 17.1. The molecule has 3 N–H and O–H groups in total. The van der Waals surface area contributed by atoms with Gasteiger partial charge in [-0.05, 0) is 62.0 Å². The smallest absolute Gasteiger partial charge is 0.226 e. The molecule has 2 unspecified atom stereocenters. The second-order valence-corrected chi connectivity index (χ2v) is 7.92. The molecule has 0 saturated carbocycles. The van der Waals surface area contributed by atoms with E-state index in [1.54, 1.807) is 6.20 Å². The molecule has 7 heteroatoms. The molecule has 0 radical (unpaired) electrons. The molecule has 0 bridgehead atoms. The van der Waals surface area contributed by atoms with Crippen molar-refractivity contribution >= 4 is 28.9 Å². The van der Waals surface area contributed by atoms with Crippen molar-refractivity contribution in [2.45, 2.75) is 32.4 Å². The molecule has 1 amide bonds. The number of carbonyl (C=O) groups excluding carboxylic acids is 1. The fourth-order valence-corrected chi connectivity index (χ4v) is 4.16. The van der Waals surface area contributed by atoms with Crippen molar-refractivity contribution in [2.75, 3.05) is 11.9 Å². The summed E-state index contributed by atoms with van der Waals surface area (Å²) in [6, 6.07) is 17.6. The number of carbonyl (C=O) groups is 1. The van der Waals surface area contributed by atoms with Gasteiger partial charge in [0.2, 0.25) is 5.91 Å². The largest absolute Gasteiger partial charge is 0.361 e. The highest BCUT2D eigenvalue weighted by molar-refractivity contribution is 7.80. The fourth-order valence-electron chi connectivity index (χ4n) is 3.83. The summed E-state index contributed by atoms with van der Waals surface area (Å²) < 4.78 is 0. The number of aromatic nitrogens is 2. The van der Waals surface area contributed by atoms with Gasteiger partial charge >= 0.3 is 0 Å². The Morgan fingerprint density at radius 3 is 2.63 bits per heavy atom. The molecule has 4 rings (SSSR count). The van der Waals surface area contributed by atoms with Crippen LogP contribution in [-0.2, 0) is 4.79 Å². The Morgan fingerprint density at radius 2 is 1.93 bits per heavy atom. The number of hydrogen-bond donors (Lipinski definition) is 3. The molecule has 1 fully saturated rings. The van der Waals surface area contributed by atoms with E-state index in [2.05, 4.69) is 37.6 Å². The number of aromatic amines is 1. The summed E-state index contributed by atoms with van der Waals surface area (Å²) in [6.07, 6.45) is 2.12. The third kappa shape index (κ3) is 4.21. The highest BCUT2D eigenvalue weighted by Crippen LogP contribution is 2.38. The molecule has 0 spiro atoms. The molecular formula is C23H25N5OS. The van der Waals surface area contributed by atoms with E-state index in [-0.39, 0.29) is 18.0 Å². The topological polar surface area (TPSA) is 73.1 Å². The zero-order chi connectivity index (χ0) is 21.1. The molecule has 1 aliphatic heterocycles. The number of nitrogens with zero attached hydrogens (tertiary/aromatic N) is 2. The summed E-state index contributed by atoms with van der Waals surface area (Å²) in [5, 5.41) is 7.04. The lowest BCUT2D eigenvalue weighted by molar-refractivity contribution is -0.116. The van der Waals surface area contributed by atoms with Crippen molar-refractivity contribution in [2.24, 2.45) is 0 Å². The standard InChI is InChI=1S/C23H25N5OS/c1-15-7-3-4-8-17(15)26-20(29)12-14-28-22(19-11-10-16(2)25-19)21(27-23(28)30)18-9-5-6-13-24-18/h3-11,13,21-22,25H,12,14H2,1-2H3,(H,26,29)(H,27,30). The van der Waals surface area contributed by atoms with E-state index in [1.807, 2.05) is 56.3 Å². The quantitative estimate of drug-likeness (QED) is 0.526. The first-order valence-corrected chi connectivity index (χ1v) is 10.4. The summed E-state index contributed by atoms with van der Waals surface area (Å²) in [7, 11) is 0. The molecule has 1 aliphatic rings. The van der Waals surface area contributed by atoms with Gasteiger partial charge in [0.05, 0.1) is 17.8 Å². The first-order chi connectivity index (χ1) is 14.5. The SMILES string of the molecule is Cc1ccc(C2C(c3ccccn3)NC(=S)N2CCC(=O)Nc2ccccc2C)[nH]1.